The third kappa shape index (κ3) is 1.95. The zero-order chi connectivity index (χ0) is 13.4. The van der Waals surface area contributed by atoms with E-state index in [0.717, 1.165) is 16.6 Å². The predicted octanol–water partition coefficient (Wildman–Crippen LogP) is 1.67. The molecule has 0 aliphatic rings. The average molecular weight is 252 g/mol. The molecule has 0 atom stereocenters. The molecule has 0 aliphatic heterocycles. The van der Waals surface area contributed by atoms with Crippen LogP contribution in [0.25, 0.3) is 16.6 Å². The number of fused-ring (bicyclic) bond motifs is 1. The standard InChI is InChI=1S/C14H12N4O/c1-9-5-6-10-3-2-4-11(13(10)16-9)18-8-7-12(15)17-14(18)19/h2-8H,1H3,(H2,15,17,19). The van der Waals surface area contributed by atoms with E-state index in [0.29, 0.717) is 5.69 Å². The maximum Gasteiger partial charge on any atom is 0.354 e. The Balaban J connectivity index is 2.36. The first-order chi connectivity index (χ1) is 9.15. The number of nitrogen functional groups attached to an aromatic ring is 1. The van der Waals surface area contributed by atoms with E-state index in [1.54, 1.807) is 12.3 Å². The van der Waals surface area contributed by atoms with Gasteiger partial charge in [-0.3, -0.25) is 9.55 Å². The van der Waals surface area contributed by atoms with Crippen LogP contribution in [0.2, 0.25) is 0 Å². The Hall–Kier alpha value is -2.69. The molecule has 0 amide bonds. The fraction of sp³-hybridized carbons (Fsp3) is 0.0714. The SMILES string of the molecule is Cc1ccc2cccc(-n3ccc(N)nc3=O)c2n1. The molecule has 2 N–H and O–H groups in total. The van der Waals surface area contributed by atoms with E-state index < -0.39 is 5.69 Å². The molecule has 3 aromatic rings. The van der Waals surface area contributed by atoms with Crippen molar-refractivity contribution in [2.24, 2.45) is 0 Å². The van der Waals surface area contributed by atoms with Crippen molar-refractivity contribution in [3.05, 3.63) is 58.8 Å². The van der Waals surface area contributed by atoms with Gasteiger partial charge in [-0.05, 0) is 25.1 Å². The van der Waals surface area contributed by atoms with Gasteiger partial charge in [0.2, 0.25) is 0 Å². The van der Waals surface area contributed by atoms with Gasteiger partial charge in [-0.2, -0.15) is 4.98 Å². The second kappa shape index (κ2) is 4.20. The summed E-state index contributed by atoms with van der Waals surface area (Å²) in [6, 6.07) is 11.2. The van der Waals surface area contributed by atoms with Crippen molar-refractivity contribution < 1.29 is 0 Å². The second-order valence-electron chi connectivity index (χ2n) is 4.31. The highest BCUT2D eigenvalue weighted by Crippen LogP contribution is 2.19. The Bertz CT molecular complexity index is 823. The molecule has 5 nitrogen and oxygen atoms in total. The number of nitrogens with two attached hydrogens (primary N) is 1. The normalized spacial score (nSPS) is 10.8. The summed E-state index contributed by atoms with van der Waals surface area (Å²) < 4.78 is 1.45. The van der Waals surface area contributed by atoms with Crippen molar-refractivity contribution in [1.82, 2.24) is 14.5 Å². The van der Waals surface area contributed by atoms with Crippen LogP contribution >= 0.6 is 0 Å². The second-order valence-corrected chi connectivity index (χ2v) is 4.31. The highest BCUT2D eigenvalue weighted by Gasteiger charge is 2.07. The zero-order valence-electron chi connectivity index (χ0n) is 10.4. The first kappa shape index (κ1) is 11.4. The lowest BCUT2D eigenvalue weighted by molar-refractivity contribution is 0.923. The molecule has 0 spiro atoms. The lowest BCUT2D eigenvalue weighted by Gasteiger charge is -2.08. The number of hydrogen-bond acceptors (Lipinski definition) is 4. The van der Waals surface area contributed by atoms with Crippen LogP contribution < -0.4 is 11.4 Å². The zero-order valence-corrected chi connectivity index (χ0v) is 10.4. The van der Waals surface area contributed by atoms with Crippen molar-refractivity contribution in [2.75, 3.05) is 5.73 Å². The molecule has 0 bridgehead atoms. The minimum Gasteiger partial charge on any atom is -0.383 e. The summed E-state index contributed by atoms with van der Waals surface area (Å²) in [6.07, 6.45) is 1.61. The highest BCUT2D eigenvalue weighted by atomic mass is 16.1. The number of nitrogens with zero attached hydrogens (tertiary/aromatic N) is 3. The maximum atomic E-state index is 11.9. The molecule has 1 aromatic carbocycles. The Morgan fingerprint density at radius 3 is 2.74 bits per heavy atom. The number of rotatable bonds is 1. The van der Waals surface area contributed by atoms with Gasteiger partial charge in [-0.1, -0.05) is 18.2 Å². The number of anilines is 1. The highest BCUT2D eigenvalue weighted by molar-refractivity contribution is 5.86. The van der Waals surface area contributed by atoms with Crippen LogP contribution in [0, 0.1) is 6.92 Å². The predicted molar refractivity (Wildman–Crippen MR) is 74.3 cm³/mol. The van der Waals surface area contributed by atoms with Crippen LogP contribution in [0.3, 0.4) is 0 Å². The molecular formula is C14H12N4O. The van der Waals surface area contributed by atoms with E-state index in [4.69, 9.17) is 5.73 Å². The van der Waals surface area contributed by atoms with Crippen molar-refractivity contribution in [1.29, 1.82) is 0 Å². The number of hydrogen-bond donors (Lipinski definition) is 1. The maximum absolute atomic E-state index is 11.9. The summed E-state index contributed by atoms with van der Waals surface area (Å²) in [5.41, 5.74) is 7.48. The van der Waals surface area contributed by atoms with Crippen molar-refractivity contribution in [2.45, 2.75) is 6.92 Å². The van der Waals surface area contributed by atoms with Gasteiger partial charge in [0, 0.05) is 17.3 Å². The third-order valence-electron chi connectivity index (χ3n) is 2.92. The molecule has 0 radical (unpaired) electrons. The molecule has 94 valence electrons. The number of para-hydroxylation sites is 1. The minimum absolute atomic E-state index is 0.214. The van der Waals surface area contributed by atoms with E-state index in [2.05, 4.69) is 9.97 Å². The molecule has 0 aliphatic carbocycles. The minimum atomic E-state index is -0.407. The van der Waals surface area contributed by atoms with E-state index in [9.17, 15) is 4.79 Å². The molecule has 0 unspecified atom stereocenters. The molecule has 0 saturated carbocycles. The summed E-state index contributed by atoms with van der Waals surface area (Å²) in [5.74, 6) is 0.214. The van der Waals surface area contributed by atoms with Crippen LogP contribution in [-0.4, -0.2) is 14.5 Å². The molecule has 0 fully saturated rings. The number of aromatic nitrogens is 3. The van der Waals surface area contributed by atoms with E-state index in [1.165, 1.54) is 4.57 Å². The van der Waals surface area contributed by atoms with Gasteiger partial charge in [0.1, 0.15) is 5.82 Å². The van der Waals surface area contributed by atoms with Crippen molar-refractivity contribution in [3.63, 3.8) is 0 Å². The number of aryl methyl sites for hydroxylation is 1. The van der Waals surface area contributed by atoms with Crippen LogP contribution in [0.4, 0.5) is 5.82 Å². The van der Waals surface area contributed by atoms with Gasteiger partial charge in [-0.15, -0.1) is 0 Å². The van der Waals surface area contributed by atoms with E-state index >= 15 is 0 Å². The molecular weight excluding hydrogens is 240 g/mol. The quantitative estimate of drug-likeness (QED) is 0.715. The molecule has 2 aromatic heterocycles. The van der Waals surface area contributed by atoms with Crippen LogP contribution in [-0.2, 0) is 0 Å². The molecule has 19 heavy (non-hydrogen) atoms. The van der Waals surface area contributed by atoms with E-state index in [-0.39, 0.29) is 5.82 Å². The van der Waals surface area contributed by atoms with Crippen LogP contribution in [0.15, 0.2) is 47.4 Å². The first-order valence-electron chi connectivity index (χ1n) is 5.87. The monoisotopic (exact) mass is 252 g/mol. The molecule has 3 rings (SSSR count). The van der Waals surface area contributed by atoms with Crippen molar-refractivity contribution >= 4 is 16.7 Å². The Morgan fingerprint density at radius 2 is 1.95 bits per heavy atom. The summed E-state index contributed by atoms with van der Waals surface area (Å²) >= 11 is 0. The summed E-state index contributed by atoms with van der Waals surface area (Å²) in [4.78, 5) is 20.1. The largest absolute Gasteiger partial charge is 0.383 e. The van der Waals surface area contributed by atoms with Gasteiger partial charge in [0.15, 0.2) is 0 Å². The van der Waals surface area contributed by atoms with Crippen LogP contribution in [0.1, 0.15) is 5.69 Å². The Labute approximate surface area is 109 Å². The first-order valence-corrected chi connectivity index (χ1v) is 5.87. The number of pyridine rings is 1. The molecule has 2 heterocycles. The lowest BCUT2D eigenvalue weighted by Crippen LogP contribution is -2.21. The van der Waals surface area contributed by atoms with Gasteiger partial charge in [-0.25, -0.2) is 4.79 Å². The lowest BCUT2D eigenvalue weighted by atomic mass is 10.1. The third-order valence-corrected chi connectivity index (χ3v) is 2.92. The molecule has 5 heteroatoms. The Kier molecular flexibility index (Phi) is 2.52. The van der Waals surface area contributed by atoms with Gasteiger partial charge < -0.3 is 5.73 Å². The molecule has 0 saturated heterocycles. The fourth-order valence-corrected chi connectivity index (χ4v) is 2.02. The smallest absolute Gasteiger partial charge is 0.354 e. The number of benzene rings is 1. The topological polar surface area (TPSA) is 73.8 Å². The van der Waals surface area contributed by atoms with Gasteiger partial charge in [0.05, 0.1) is 11.2 Å². The van der Waals surface area contributed by atoms with Crippen LogP contribution in [0.5, 0.6) is 0 Å². The van der Waals surface area contributed by atoms with Gasteiger partial charge in [0.25, 0.3) is 0 Å². The summed E-state index contributed by atoms with van der Waals surface area (Å²) in [6.45, 7) is 1.92. The Morgan fingerprint density at radius 1 is 1.11 bits per heavy atom. The van der Waals surface area contributed by atoms with Crippen molar-refractivity contribution in [3.8, 4) is 5.69 Å². The van der Waals surface area contributed by atoms with Gasteiger partial charge >= 0.3 is 5.69 Å². The summed E-state index contributed by atoms with van der Waals surface area (Å²) in [7, 11) is 0. The summed E-state index contributed by atoms with van der Waals surface area (Å²) in [5, 5.41) is 0.979. The fourth-order valence-electron chi connectivity index (χ4n) is 2.02. The van der Waals surface area contributed by atoms with E-state index in [1.807, 2.05) is 37.3 Å². The average Bonchev–Trinajstić information content (AvgIpc) is 2.38.